The third-order valence-corrected chi connectivity index (χ3v) is 6.70. The SMILES string of the molecule is CCCCN1C(=O)C2C(C(C)O)NC3(C(=O)Nc4c3ccc(C)c4C)C2C1=O. The lowest BCUT2D eigenvalue weighted by Crippen LogP contribution is -2.54. The second kappa shape index (κ2) is 6.39. The zero-order valence-corrected chi connectivity index (χ0v) is 16.7. The Morgan fingerprint density at radius 1 is 1.21 bits per heavy atom. The van der Waals surface area contributed by atoms with Crippen LogP contribution in [0.2, 0.25) is 0 Å². The van der Waals surface area contributed by atoms with Gasteiger partial charge in [-0.2, -0.15) is 0 Å². The van der Waals surface area contributed by atoms with Crippen LogP contribution in [0.4, 0.5) is 5.69 Å². The fourth-order valence-electron chi connectivity index (χ4n) is 5.06. The quantitative estimate of drug-likeness (QED) is 0.677. The standard InChI is InChI=1S/C21H27N3O4/c1-5-6-9-24-18(26)14-15(19(24)27)21(23-17(14)12(4)25)13-8-7-10(2)11(3)16(13)22-20(21)28/h7-8,12,14-15,17,23,25H,5-6,9H2,1-4H3,(H,22,28). The van der Waals surface area contributed by atoms with Crippen LogP contribution >= 0.6 is 0 Å². The summed E-state index contributed by atoms with van der Waals surface area (Å²) in [5.41, 5.74) is 2.05. The smallest absolute Gasteiger partial charge is 0.250 e. The van der Waals surface area contributed by atoms with E-state index < -0.39 is 29.5 Å². The molecule has 150 valence electrons. The van der Waals surface area contributed by atoms with Crippen molar-refractivity contribution in [3.63, 3.8) is 0 Å². The molecule has 3 N–H and O–H groups in total. The topological polar surface area (TPSA) is 98.7 Å². The molecule has 1 aromatic rings. The van der Waals surface area contributed by atoms with Gasteiger partial charge in [0.15, 0.2) is 0 Å². The van der Waals surface area contributed by atoms with Crippen LogP contribution in [0.3, 0.4) is 0 Å². The van der Waals surface area contributed by atoms with Gasteiger partial charge in [0.25, 0.3) is 0 Å². The number of unbranched alkanes of at least 4 members (excludes halogenated alkanes) is 1. The molecule has 1 spiro atoms. The molecule has 3 amide bonds. The molecular weight excluding hydrogens is 358 g/mol. The highest BCUT2D eigenvalue weighted by atomic mass is 16.3. The van der Waals surface area contributed by atoms with E-state index in [4.69, 9.17) is 0 Å². The number of imide groups is 1. The first kappa shape index (κ1) is 19.1. The van der Waals surface area contributed by atoms with Gasteiger partial charge in [-0.25, -0.2) is 0 Å². The van der Waals surface area contributed by atoms with E-state index in [1.54, 1.807) is 6.92 Å². The van der Waals surface area contributed by atoms with E-state index in [0.717, 1.165) is 24.0 Å². The zero-order valence-electron chi connectivity index (χ0n) is 16.7. The molecule has 0 saturated carbocycles. The molecule has 5 unspecified atom stereocenters. The van der Waals surface area contributed by atoms with Crippen LogP contribution in [0.1, 0.15) is 43.4 Å². The summed E-state index contributed by atoms with van der Waals surface area (Å²) in [4.78, 5) is 41.0. The number of amides is 3. The predicted molar refractivity (Wildman–Crippen MR) is 103 cm³/mol. The minimum absolute atomic E-state index is 0.288. The monoisotopic (exact) mass is 385 g/mol. The maximum atomic E-state index is 13.3. The number of likely N-dealkylation sites (tertiary alicyclic amines) is 1. The van der Waals surface area contributed by atoms with Crippen LogP contribution < -0.4 is 10.6 Å². The predicted octanol–water partition coefficient (Wildman–Crippen LogP) is 1.20. The second-order valence-electron chi connectivity index (χ2n) is 8.29. The number of carbonyl (C=O) groups excluding carboxylic acids is 3. The molecule has 2 saturated heterocycles. The minimum atomic E-state index is -1.33. The number of nitrogens with zero attached hydrogens (tertiary/aromatic N) is 1. The van der Waals surface area contributed by atoms with Gasteiger partial charge in [0.2, 0.25) is 17.7 Å². The normalized spacial score (nSPS) is 32.1. The molecular formula is C21H27N3O4. The fourth-order valence-corrected chi connectivity index (χ4v) is 5.06. The van der Waals surface area contributed by atoms with Gasteiger partial charge in [0.1, 0.15) is 5.54 Å². The maximum Gasteiger partial charge on any atom is 0.250 e. The van der Waals surface area contributed by atoms with Crippen molar-refractivity contribution in [1.29, 1.82) is 0 Å². The van der Waals surface area contributed by atoms with Gasteiger partial charge in [0.05, 0.1) is 17.9 Å². The second-order valence-corrected chi connectivity index (χ2v) is 8.29. The summed E-state index contributed by atoms with van der Waals surface area (Å²) >= 11 is 0. The summed E-state index contributed by atoms with van der Waals surface area (Å²) in [6.45, 7) is 7.84. The number of aliphatic hydroxyl groups is 1. The minimum Gasteiger partial charge on any atom is -0.392 e. The molecule has 3 aliphatic heterocycles. The molecule has 2 fully saturated rings. The number of fused-ring (bicyclic) bond motifs is 4. The van der Waals surface area contributed by atoms with Crippen LogP contribution in [-0.2, 0) is 19.9 Å². The Morgan fingerprint density at radius 3 is 2.57 bits per heavy atom. The molecule has 0 bridgehead atoms. The van der Waals surface area contributed by atoms with Gasteiger partial charge in [-0.05, 0) is 38.3 Å². The number of hydrogen-bond acceptors (Lipinski definition) is 5. The van der Waals surface area contributed by atoms with Crippen LogP contribution in [0, 0.1) is 25.7 Å². The van der Waals surface area contributed by atoms with Gasteiger partial charge in [0, 0.05) is 23.8 Å². The maximum absolute atomic E-state index is 13.3. The van der Waals surface area contributed by atoms with Crippen molar-refractivity contribution in [2.75, 3.05) is 11.9 Å². The zero-order chi connectivity index (χ0) is 20.4. The molecule has 28 heavy (non-hydrogen) atoms. The molecule has 7 nitrogen and oxygen atoms in total. The van der Waals surface area contributed by atoms with Crippen molar-refractivity contribution in [3.05, 3.63) is 28.8 Å². The van der Waals surface area contributed by atoms with Crippen molar-refractivity contribution >= 4 is 23.4 Å². The summed E-state index contributed by atoms with van der Waals surface area (Å²) in [7, 11) is 0. The molecule has 0 aromatic heterocycles. The van der Waals surface area contributed by atoms with E-state index in [1.807, 2.05) is 32.9 Å². The number of rotatable bonds is 4. The van der Waals surface area contributed by atoms with Crippen molar-refractivity contribution in [2.45, 2.75) is 58.2 Å². The number of aliphatic hydroxyl groups excluding tert-OH is 1. The number of hydrogen-bond donors (Lipinski definition) is 3. The average molecular weight is 385 g/mol. The van der Waals surface area contributed by atoms with Crippen molar-refractivity contribution in [1.82, 2.24) is 10.2 Å². The Balaban J connectivity index is 1.88. The highest BCUT2D eigenvalue weighted by Gasteiger charge is 2.71. The third kappa shape index (κ3) is 2.26. The molecule has 0 aliphatic carbocycles. The first-order valence-corrected chi connectivity index (χ1v) is 9.98. The molecule has 5 atom stereocenters. The van der Waals surface area contributed by atoms with Crippen LogP contribution in [0.5, 0.6) is 0 Å². The lowest BCUT2D eigenvalue weighted by atomic mass is 9.76. The largest absolute Gasteiger partial charge is 0.392 e. The average Bonchev–Trinajstić information content (AvgIpc) is 3.23. The number of anilines is 1. The Hall–Kier alpha value is -2.25. The van der Waals surface area contributed by atoms with Crippen molar-refractivity contribution < 1.29 is 19.5 Å². The van der Waals surface area contributed by atoms with Gasteiger partial charge in [-0.1, -0.05) is 25.5 Å². The molecule has 1 aromatic carbocycles. The summed E-state index contributed by atoms with van der Waals surface area (Å²) in [6, 6.07) is 3.13. The van der Waals surface area contributed by atoms with E-state index in [9.17, 15) is 19.5 Å². The molecule has 0 radical (unpaired) electrons. The summed E-state index contributed by atoms with van der Waals surface area (Å²) < 4.78 is 0. The summed E-state index contributed by atoms with van der Waals surface area (Å²) in [5.74, 6) is -2.53. The molecule has 3 aliphatic rings. The summed E-state index contributed by atoms with van der Waals surface area (Å²) in [6.07, 6.45) is 0.702. The van der Waals surface area contributed by atoms with Gasteiger partial charge >= 0.3 is 0 Å². The van der Waals surface area contributed by atoms with Crippen LogP contribution in [-0.4, -0.2) is 46.4 Å². The molecule has 7 heteroatoms. The molecule has 3 heterocycles. The van der Waals surface area contributed by atoms with Gasteiger partial charge < -0.3 is 10.4 Å². The Kier molecular flexibility index (Phi) is 4.35. The van der Waals surface area contributed by atoms with E-state index in [-0.39, 0.29) is 17.7 Å². The highest BCUT2D eigenvalue weighted by Crippen LogP contribution is 2.54. The van der Waals surface area contributed by atoms with E-state index in [2.05, 4.69) is 10.6 Å². The van der Waals surface area contributed by atoms with Crippen LogP contribution in [0.25, 0.3) is 0 Å². The number of carbonyl (C=O) groups is 3. The Morgan fingerprint density at radius 2 is 1.93 bits per heavy atom. The first-order chi connectivity index (χ1) is 13.3. The third-order valence-electron chi connectivity index (χ3n) is 6.70. The van der Waals surface area contributed by atoms with E-state index in [1.165, 1.54) is 4.90 Å². The number of benzene rings is 1. The Bertz CT molecular complexity index is 881. The fraction of sp³-hybridized carbons (Fsp3) is 0.571. The number of aryl methyl sites for hydroxylation is 1. The first-order valence-electron chi connectivity index (χ1n) is 9.98. The molecule has 4 rings (SSSR count). The van der Waals surface area contributed by atoms with E-state index >= 15 is 0 Å². The highest BCUT2D eigenvalue weighted by molar-refractivity contribution is 6.15. The van der Waals surface area contributed by atoms with Gasteiger partial charge in [-0.15, -0.1) is 0 Å². The lowest BCUT2D eigenvalue weighted by Gasteiger charge is -2.30. The van der Waals surface area contributed by atoms with Crippen molar-refractivity contribution in [3.8, 4) is 0 Å². The van der Waals surface area contributed by atoms with Gasteiger partial charge in [-0.3, -0.25) is 24.6 Å². The summed E-state index contributed by atoms with van der Waals surface area (Å²) in [5, 5.41) is 16.5. The lowest BCUT2D eigenvalue weighted by molar-refractivity contribution is -0.143. The Labute approximate surface area is 164 Å². The van der Waals surface area contributed by atoms with Crippen molar-refractivity contribution in [2.24, 2.45) is 11.8 Å². The van der Waals surface area contributed by atoms with Crippen LogP contribution in [0.15, 0.2) is 12.1 Å². The number of nitrogens with one attached hydrogen (secondary N) is 2. The van der Waals surface area contributed by atoms with E-state index in [0.29, 0.717) is 17.8 Å².